The first-order valence-corrected chi connectivity index (χ1v) is 7.59. The van der Waals surface area contributed by atoms with Gasteiger partial charge >= 0.3 is 12.6 Å². The Morgan fingerprint density at radius 3 is 2.71 bits per heavy atom. The summed E-state index contributed by atoms with van der Waals surface area (Å²) in [5.41, 5.74) is 1.50. The van der Waals surface area contributed by atoms with Crippen LogP contribution in [0.25, 0.3) is 0 Å². The number of amides is 2. The number of rotatable bonds is 6. The van der Waals surface area contributed by atoms with Crippen molar-refractivity contribution in [3.63, 3.8) is 0 Å². The Balaban J connectivity index is 1.89. The molecule has 0 unspecified atom stereocenters. The molecule has 0 saturated carbocycles. The van der Waals surface area contributed by atoms with Crippen LogP contribution in [0.2, 0.25) is 5.02 Å². The molecule has 0 spiro atoms. The van der Waals surface area contributed by atoms with Gasteiger partial charge in [0.05, 0.1) is 0 Å². The highest BCUT2D eigenvalue weighted by Crippen LogP contribution is 2.17. The fourth-order valence-corrected chi connectivity index (χ4v) is 2.29. The maximum Gasteiger partial charge on any atom is 0.387 e. The number of benzene rings is 2. The molecule has 0 aliphatic heterocycles. The second kappa shape index (κ2) is 8.49. The van der Waals surface area contributed by atoms with E-state index < -0.39 is 6.61 Å². The number of nitrogens with zero attached hydrogens (tertiary/aromatic N) is 1. The van der Waals surface area contributed by atoms with Gasteiger partial charge in [0.2, 0.25) is 0 Å². The van der Waals surface area contributed by atoms with Crippen LogP contribution in [-0.4, -0.2) is 24.6 Å². The van der Waals surface area contributed by atoms with Gasteiger partial charge in [-0.1, -0.05) is 41.9 Å². The number of hydrogen-bond donors (Lipinski definition) is 1. The molecular weight excluding hydrogens is 338 g/mol. The Labute approximate surface area is 144 Å². The molecule has 1 N–H and O–H groups in total. The molecule has 0 bridgehead atoms. The topological polar surface area (TPSA) is 41.6 Å². The van der Waals surface area contributed by atoms with Crippen molar-refractivity contribution < 1.29 is 18.3 Å². The third-order valence-electron chi connectivity index (χ3n) is 3.28. The Morgan fingerprint density at radius 1 is 1.25 bits per heavy atom. The maximum absolute atomic E-state index is 12.2. The molecule has 0 aliphatic rings. The van der Waals surface area contributed by atoms with Crippen molar-refractivity contribution in [1.29, 1.82) is 0 Å². The van der Waals surface area contributed by atoms with Crippen LogP contribution in [0.4, 0.5) is 13.6 Å². The lowest BCUT2D eigenvalue weighted by Crippen LogP contribution is -2.36. The van der Waals surface area contributed by atoms with Crippen LogP contribution in [0.1, 0.15) is 11.1 Å². The average molecular weight is 355 g/mol. The van der Waals surface area contributed by atoms with Crippen molar-refractivity contribution in [1.82, 2.24) is 10.2 Å². The quantitative estimate of drug-likeness (QED) is 0.841. The summed E-state index contributed by atoms with van der Waals surface area (Å²) >= 11 is 6.07. The summed E-state index contributed by atoms with van der Waals surface area (Å²) in [6.45, 7) is -2.32. The summed E-state index contributed by atoms with van der Waals surface area (Å²) in [7, 11) is 1.65. The number of carbonyl (C=O) groups is 1. The number of carbonyl (C=O) groups excluding carboxylic acids is 1. The molecule has 0 heterocycles. The number of halogens is 3. The summed E-state index contributed by atoms with van der Waals surface area (Å²) in [5.74, 6) is 0.0566. The molecular formula is C17H17ClF2N2O2. The first-order chi connectivity index (χ1) is 11.5. The van der Waals surface area contributed by atoms with E-state index in [1.165, 1.54) is 17.0 Å². The highest BCUT2D eigenvalue weighted by molar-refractivity contribution is 6.31. The minimum atomic E-state index is -2.88. The molecule has 2 aromatic carbocycles. The molecule has 0 atom stereocenters. The van der Waals surface area contributed by atoms with Crippen molar-refractivity contribution in [2.45, 2.75) is 19.7 Å². The molecule has 4 nitrogen and oxygen atoms in total. The molecule has 0 saturated heterocycles. The molecule has 0 fully saturated rings. The van der Waals surface area contributed by atoms with Gasteiger partial charge in [0.1, 0.15) is 5.75 Å². The average Bonchev–Trinajstić information content (AvgIpc) is 2.54. The van der Waals surface area contributed by atoms with Gasteiger partial charge in [-0.2, -0.15) is 8.78 Å². The van der Waals surface area contributed by atoms with E-state index in [0.717, 1.165) is 5.56 Å². The fraction of sp³-hybridized carbons (Fsp3) is 0.235. The van der Waals surface area contributed by atoms with E-state index in [0.29, 0.717) is 17.1 Å². The second-order valence-corrected chi connectivity index (χ2v) is 5.54. The molecule has 2 rings (SSSR count). The molecule has 0 aliphatic carbocycles. The predicted molar refractivity (Wildman–Crippen MR) is 88.2 cm³/mol. The number of nitrogens with one attached hydrogen (secondary N) is 1. The van der Waals surface area contributed by atoms with Crippen LogP contribution in [0.3, 0.4) is 0 Å². The first-order valence-electron chi connectivity index (χ1n) is 7.22. The van der Waals surface area contributed by atoms with E-state index >= 15 is 0 Å². The highest BCUT2D eigenvalue weighted by atomic mass is 35.5. The van der Waals surface area contributed by atoms with Gasteiger partial charge in [-0.25, -0.2) is 4.79 Å². The van der Waals surface area contributed by atoms with Crippen LogP contribution < -0.4 is 10.1 Å². The normalized spacial score (nSPS) is 10.5. The van der Waals surface area contributed by atoms with Crippen LogP contribution in [0.5, 0.6) is 5.75 Å². The van der Waals surface area contributed by atoms with Crippen LogP contribution >= 0.6 is 11.6 Å². The van der Waals surface area contributed by atoms with Crippen LogP contribution in [0.15, 0.2) is 48.5 Å². The van der Waals surface area contributed by atoms with Gasteiger partial charge < -0.3 is 15.0 Å². The van der Waals surface area contributed by atoms with E-state index in [9.17, 15) is 13.6 Å². The molecule has 7 heteroatoms. The largest absolute Gasteiger partial charge is 0.435 e. The zero-order valence-electron chi connectivity index (χ0n) is 13.0. The van der Waals surface area contributed by atoms with E-state index in [-0.39, 0.29) is 18.3 Å². The standard InChI is InChI=1S/C17H17ClF2N2O2/c1-22(11-13-6-2-3-8-15(13)18)17(23)21-10-12-5-4-7-14(9-12)24-16(19)20/h2-9,16H,10-11H2,1H3,(H,21,23). The Bertz CT molecular complexity index is 698. The number of ether oxygens (including phenoxy) is 1. The van der Waals surface area contributed by atoms with Crippen molar-refractivity contribution in [3.05, 3.63) is 64.7 Å². The van der Waals surface area contributed by atoms with Gasteiger partial charge in [0.15, 0.2) is 0 Å². The Kier molecular flexibility index (Phi) is 6.37. The first kappa shape index (κ1) is 18.0. The van der Waals surface area contributed by atoms with Gasteiger partial charge in [-0.15, -0.1) is 0 Å². The van der Waals surface area contributed by atoms with Crippen molar-refractivity contribution in [2.75, 3.05) is 7.05 Å². The zero-order chi connectivity index (χ0) is 17.5. The van der Waals surface area contributed by atoms with Gasteiger partial charge in [-0.05, 0) is 29.3 Å². The highest BCUT2D eigenvalue weighted by Gasteiger charge is 2.11. The summed E-state index contributed by atoms with van der Waals surface area (Å²) in [6.07, 6.45) is 0. The second-order valence-electron chi connectivity index (χ2n) is 5.13. The summed E-state index contributed by atoms with van der Waals surface area (Å²) < 4.78 is 28.7. The van der Waals surface area contributed by atoms with Gasteiger partial charge in [-0.3, -0.25) is 0 Å². The van der Waals surface area contributed by atoms with E-state index in [2.05, 4.69) is 10.1 Å². The fourth-order valence-electron chi connectivity index (χ4n) is 2.10. The molecule has 2 amide bonds. The third-order valence-corrected chi connectivity index (χ3v) is 3.65. The summed E-state index contributed by atoms with van der Waals surface area (Å²) in [5, 5.41) is 3.31. The third kappa shape index (κ3) is 5.38. The van der Waals surface area contributed by atoms with Crippen molar-refractivity contribution in [2.24, 2.45) is 0 Å². The maximum atomic E-state index is 12.2. The molecule has 128 valence electrons. The number of alkyl halides is 2. The molecule has 0 radical (unpaired) electrons. The minimum Gasteiger partial charge on any atom is -0.435 e. The number of hydrogen-bond acceptors (Lipinski definition) is 2. The predicted octanol–water partition coefficient (Wildman–Crippen LogP) is 4.28. The SMILES string of the molecule is CN(Cc1ccccc1Cl)C(=O)NCc1cccc(OC(F)F)c1. The van der Waals surface area contributed by atoms with Crippen LogP contribution in [-0.2, 0) is 13.1 Å². The zero-order valence-corrected chi connectivity index (χ0v) is 13.8. The lowest BCUT2D eigenvalue weighted by Gasteiger charge is -2.19. The Hall–Kier alpha value is -2.34. The van der Waals surface area contributed by atoms with Gasteiger partial charge in [0.25, 0.3) is 0 Å². The van der Waals surface area contributed by atoms with E-state index in [1.54, 1.807) is 25.2 Å². The smallest absolute Gasteiger partial charge is 0.387 e. The Morgan fingerprint density at radius 2 is 2.00 bits per heavy atom. The monoisotopic (exact) mass is 354 g/mol. The molecule has 2 aromatic rings. The summed E-state index contributed by atoms with van der Waals surface area (Å²) in [4.78, 5) is 13.6. The van der Waals surface area contributed by atoms with Gasteiger partial charge in [0, 0.05) is 25.2 Å². The van der Waals surface area contributed by atoms with Crippen LogP contribution in [0, 0.1) is 0 Å². The minimum absolute atomic E-state index is 0.0566. The number of urea groups is 1. The van der Waals surface area contributed by atoms with E-state index in [4.69, 9.17) is 11.6 Å². The summed E-state index contributed by atoms with van der Waals surface area (Å²) in [6, 6.07) is 13.2. The van der Waals surface area contributed by atoms with Crippen molar-refractivity contribution in [3.8, 4) is 5.75 Å². The van der Waals surface area contributed by atoms with Crippen molar-refractivity contribution >= 4 is 17.6 Å². The molecule has 24 heavy (non-hydrogen) atoms. The van der Waals surface area contributed by atoms with E-state index in [1.807, 2.05) is 18.2 Å². The molecule has 0 aromatic heterocycles. The lowest BCUT2D eigenvalue weighted by atomic mass is 10.2. The lowest BCUT2D eigenvalue weighted by molar-refractivity contribution is -0.0498.